The minimum atomic E-state index is -1.87. The van der Waals surface area contributed by atoms with Gasteiger partial charge in [-0.05, 0) is 61.6 Å². The molecule has 13 nitrogen and oxygen atoms in total. The molecule has 12 rings (SSSR count). The number of aliphatic hydroxyl groups is 3. The molecule has 17 heteroatoms. The molecule has 2 spiro atoms. The molecule has 256 valence electrons. The van der Waals surface area contributed by atoms with Gasteiger partial charge in [-0.2, -0.15) is 0 Å². The predicted octanol–water partition coefficient (Wildman–Crippen LogP) is 0.939. The fraction of sp³-hybridized carbons (Fsp3) is 0.500. The number of para-hydroxylation sites is 2. The predicted molar refractivity (Wildman–Crippen MR) is 186 cm³/mol. The standard InChI is InChI=1S/C32H32N6O7S4/c1-14(2)30-26(45)38-22-29(16-10-6-8-12-18(16)34-22,20(41)32(38,49-47-30)25(44)36(30)4)28-15-9-5-7-11-17(15)33-21(28)37-23(42)27(13-39)35(3)24(43)31(37,19(28)40)48-46-27/h5-12,14,19-22,33-34,39-41H,13H2,1-4H3/t19-,20-,21-,22+,27-,28?,29+,30-,31-,32-/m0/s1. The summed E-state index contributed by atoms with van der Waals surface area (Å²) in [6.45, 7) is 3.13. The number of anilines is 2. The zero-order valence-electron chi connectivity index (χ0n) is 26.6. The van der Waals surface area contributed by atoms with Gasteiger partial charge in [-0.15, -0.1) is 0 Å². The number of benzene rings is 2. The molecule has 10 heterocycles. The Labute approximate surface area is 296 Å². The van der Waals surface area contributed by atoms with Crippen molar-refractivity contribution in [3.63, 3.8) is 0 Å². The minimum Gasteiger partial charge on any atom is -0.392 e. The fourth-order valence-corrected chi connectivity index (χ4v) is 18.4. The van der Waals surface area contributed by atoms with Crippen molar-refractivity contribution in [3.8, 4) is 0 Å². The lowest BCUT2D eigenvalue weighted by atomic mass is 9.52. The number of fused-ring (bicyclic) bond motifs is 11. The van der Waals surface area contributed by atoms with E-state index in [2.05, 4.69) is 10.6 Å². The second kappa shape index (κ2) is 8.97. The Morgan fingerprint density at radius 3 is 1.67 bits per heavy atom. The SMILES string of the molecule is CC(C)[C@@]12SS[C@]3(C(=O)N1C)[C@@H](O)[C@]1(C45c6ccccc6N[C@H]4N4C(=O)[C@]6(CO)SS[C@]4(C(=O)N6C)[C@H]5O)c4ccccc4N[C@@H]1N3C2=O. The van der Waals surface area contributed by atoms with E-state index in [9.17, 15) is 29.7 Å². The third-order valence-electron chi connectivity index (χ3n) is 12.7. The zero-order valence-corrected chi connectivity index (χ0v) is 29.9. The summed E-state index contributed by atoms with van der Waals surface area (Å²) in [4.78, 5) is 58.4. The minimum absolute atomic E-state index is 0.297. The van der Waals surface area contributed by atoms with Crippen molar-refractivity contribution in [2.75, 3.05) is 31.3 Å². The van der Waals surface area contributed by atoms with Crippen LogP contribution in [0.5, 0.6) is 0 Å². The topological polar surface area (TPSA) is 166 Å². The largest absolute Gasteiger partial charge is 0.392 e. The van der Waals surface area contributed by atoms with Crippen LogP contribution in [0.15, 0.2) is 48.5 Å². The molecular weight excluding hydrogens is 709 g/mol. The van der Waals surface area contributed by atoms with E-state index in [-0.39, 0.29) is 11.8 Å². The van der Waals surface area contributed by atoms with Crippen LogP contribution in [0, 0.1) is 5.92 Å². The molecular formula is C32H32N6O7S4. The Morgan fingerprint density at radius 1 is 0.694 bits per heavy atom. The number of aliphatic hydroxyl groups excluding tert-OH is 3. The van der Waals surface area contributed by atoms with Crippen LogP contribution in [0.2, 0.25) is 0 Å². The Hall–Kier alpha value is -2.80. The highest BCUT2D eigenvalue weighted by molar-refractivity contribution is 8.78. The number of hydrogen-bond acceptors (Lipinski definition) is 13. The summed E-state index contributed by atoms with van der Waals surface area (Å²) in [5.74, 6) is -2.18. The van der Waals surface area contributed by atoms with Gasteiger partial charge in [0.2, 0.25) is 14.6 Å². The number of nitrogens with zero attached hydrogens (tertiary/aromatic N) is 4. The number of carbonyl (C=O) groups is 4. The number of likely N-dealkylation sites (N-methyl/N-ethyl adjacent to an activating group) is 2. The third kappa shape index (κ3) is 2.63. The van der Waals surface area contributed by atoms with Crippen molar-refractivity contribution < 1.29 is 34.5 Å². The molecule has 2 aromatic carbocycles. The van der Waals surface area contributed by atoms with Gasteiger partial charge in [0.05, 0.1) is 17.4 Å². The average Bonchev–Trinajstić information content (AvgIpc) is 3.75. The van der Waals surface area contributed by atoms with Crippen LogP contribution in [-0.4, -0.2) is 123 Å². The molecule has 8 fully saturated rings. The fourth-order valence-electron chi connectivity index (χ4n) is 10.5. The van der Waals surface area contributed by atoms with E-state index in [1.54, 1.807) is 13.1 Å². The van der Waals surface area contributed by atoms with Crippen LogP contribution in [0.25, 0.3) is 0 Å². The maximum Gasteiger partial charge on any atom is 0.265 e. The Balaban J connectivity index is 1.34. The normalized spacial score (nSPS) is 45.0. The number of piperazine rings is 2. The summed E-state index contributed by atoms with van der Waals surface area (Å²) in [5.41, 5.74) is -1.13. The Kier molecular flexibility index (Phi) is 5.67. The van der Waals surface area contributed by atoms with E-state index in [1.807, 2.05) is 56.3 Å². The number of nitrogens with one attached hydrogen (secondary N) is 2. The first-order valence-electron chi connectivity index (χ1n) is 16.0. The molecule has 1 unspecified atom stereocenters. The number of hydrogen-bond donors (Lipinski definition) is 5. The van der Waals surface area contributed by atoms with Crippen molar-refractivity contribution in [1.82, 2.24) is 19.6 Å². The summed E-state index contributed by atoms with van der Waals surface area (Å²) < 4.78 is 0. The van der Waals surface area contributed by atoms with E-state index >= 15 is 4.79 Å². The molecule has 0 radical (unpaired) electrons. The molecule has 10 aliphatic heterocycles. The average molecular weight is 741 g/mol. The van der Waals surface area contributed by atoms with Gasteiger partial charge >= 0.3 is 0 Å². The highest BCUT2D eigenvalue weighted by Gasteiger charge is 2.93. The van der Waals surface area contributed by atoms with Crippen LogP contribution in [-0.2, 0) is 30.0 Å². The molecule has 4 amide bonds. The van der Waals surface area contributed by atoms with Crippen LogP contribution >= 0.6 is 43.2 Å². The summed E-state index contributed by atoms with van der Waals surface area (Å²) in [7, 11) is 7.57. The highest BCUT2D eigenvalue weighted by atomic mass is 33.1. The molecule has 0 aliphatic carbocycles. The summed E-state index contributed by atoms with van der Waals surface area (Å²) in [6.07, 6.45) is -5.53. The van der Waals surface area contributed by atoms with Crippen LogP contribution < -0.4 is 10.6 Å². The number of carbonyl (C=O) groups excluding carboxylic acids is 4. The van der Waals surface area contributed by atoms with Crippen LogP contribution in [0.3, 0.4) is 0 Å². The van der Waals surface area contributed by atoms with Crippen molar-refractivity contribution in [1.29, 1.82) is 0 Å². The van der Waals surface area contributed by atoms with E-state index < -0.39 is 79.2 Å². The molecule has 0 aromatic heterocycles. The first kappa shape index (κ1) is 31.0. The van der Waals surface area contributed by atoms with Gasteiger partial charge in [0.15, 0.2) is 4.87 Å². The molecule has 8 saturated heterocycles. The van der Waals surface area contributed by atoms with Gasteiger partial charge in [0, 0.05) is 25.5 Å². The molecule has 10 atom stereocenters. The van der Waals surface area contributed by atoms with E-state index in [1.165, 1.54) is 48.2 Å². The van der Waals surface area contributed by atoms with Crippen molar-refractivity contribution >= 4 is 78.2 Å². The maximum absolute atomic E-state index is 15.1. The lowest BCUT2D eigenvalue weighted by Crippen LogP contribution is -2.79. The van der Waals surface area contributed by atoms with E-state index in [0.29, 0.717) is 22.5 Å². The quantitative estimate of drug-likeness (QED) is 0.283. The van der Waals surface area contributed by atoms with Gasteiger partial charge in [-0.1, -0.05) is 61.0 Å². The van der Waals surface area contributed by atoms with Crippen molar-refractivity contribution in [2.24, 2.45) is 5.92 Å². The highest BCUT2D eigenvalue weighted by Crippen LogP contribution is 2.78. The first-order chi connectivity index (χ1) is 23.3. The summed E-state index contributed by atoms with van der Waals surface area (Å²) in [5, 5.41) is 44.5. The summed E-state index contributed by atoms with van der Waals surface area (Å²) in [6, 6.07) is 14.6. The van der Waals surface area contributed by atoms with Crippen molar-refractivity contribution in [2.45, 2.75) is 68.7 Å². The number of amides is 4. The van der Waals surface area contributed by atoms with Gasteiger partial charge in [0.1, 0.15) is 24.5 Å². The molecule has 49 heavy (non-hydrogen) atoms. The second-order valence-corrected chi connectivity index (χ2v) is 19.5. The number of rotatable bonds is 3. The van der Waals surface area contributed by atoms with E-state index in [0.717, 1.165) is 21.6 Å². The molecule has 5 N–H and O–H groups in total. The molecule has 2 aromatic rings. The monoisotopic (exact) mass is 740 g/mol. The first-order valence-corrected chi connectivity index (χ1v) is 20.3. The maximum atomic E-state index is 15.1. The molecule has 4 bridgehead atoms. The lowest BCUT2D eigenvalue weighted by molar-refractivity contribution is -0.169. The zero-order chi connectivity index (χ0) is 34.4. The van der Waals surface area contributed by atoms with Crippen LogP contribution in [0.4, 0.5) is 11.4 Å². The second-order valence-electron chi connectivity index (χ2n) is 14.3. The lowest BCUT2D eigenvalue weighted by Gasteiger charge is -2.60. The van der Waals surface area contributed by atoms with Gasteiger partial charge in [-0.25, -0.2) is 0 Å². The van der Waals surface area contributed by atoms with Gasteiger partial charge in [0.25, 0.3) is 23.6 Å². The Morgan fingerprint density at radius 2 is 1.16 bits per heavy atom. The third-order valence-corrected chi connectivity index (χ3v) is 20.2. The van der Waals surface area contributed by atoms with Crippen LogP contribution in [0.1, 0.15) is 25.0 Å². The smallest absolute Gasteiger partial charge is 0.265 e. The Bertz CT molecular complexity index is 1980. The van der Waals surface area contributed by atoms with Crippen molar-refractivity contribution in [3.05, 3.63) is 59.7 Å². The molecule has 10 aliphatic rings. The molecule has 0 saturated carbocycles. The van der Waals surface area contributed by atoms with Gasteiger partial charge < -0.3 is 35.8 Å². The van der Waals surface area contributed by atoms with E-state index in [4.69, 9.17) is 0 Å². The summed E-state index contributed by atoms with van der Waals surface area (Å²) >= 11 is 0. The van der Waals surface area contributed by atoms with Gasteiger partial charge in [-0.3, -0.25) is 29.0 Å².